The molecule has 1 aromatic heterocycles. The fraction of sp³-hybridized carbons (Fsp3) is 0.750. The number of rotatable bonds is 4. The predicted octanol–water partition coefficient (Wildman–Crippen LogP) is 1.01. The van der Waals surface area contributed by atoms with Crippen molar-refractivity contribution in [2.24, 2.45) is 13.0 Å². The van der Waals surface area contributed by atoms with Crippen molar-refractivity contribution in [1.82, 2.24) is 14.7 Å². The number of hydrogen-bond donors (Lipinski definition) is 0. The molecule has 122 valence electrons. The quantitative estimate of drug-likeness (QED) is 0.833. The van der Waals surface area contributed by atoms with Gasteiger partial charge in [0.2, 0.25) is 5.91 Å². The number of morpholine rings is 1. The fourth-order valence-electron chi connectivity index (χ4n) is 3.81. The molecule has 0 unspecified atom stereocenters. The standard InChI is InChI=1S/C16H25N3O3/c1-18-12(6-7-17-18)10-16(20)19-8-9-22-11-14(19)13-4-3-5-15(13)21-2/h6-7,13-15H,3-5,8-11H2,1-2H3/t13-,14-,15+/m0/s1. The smallest absolute Gasteiger partial charge is 0.228 e. The molecule has 2 fully saturated rings. The molecule has 2 aliphatic rings. The highest BCUT2D eigenvalue weighted by Crippen LogP contribution is 2.34. The van der Waals surface area contributed by atoms with Gasteiger partial charge in [0, 0.05) is 38.5 Å². The Morgan fingerprint density at radius 1 is 1.50 bits per heavy atom. The summed E-state index contributed by atoms with van der Waals surface area (Å²) in [7, 11) is 3.64. The van der Waals surface area contributed by atoms with E-state index in [1.54, 1.807) is 18.0 Å². The minimum Gasteiger partial charge on any atom is -0.381 e. The molecule has 1 saturated carbocycles. The Morgan fingerprint density at radius 2 is 2.36 bits per heavy atom. The SMILES string of the molecule is CO[C@@H]1CCC[C@H]1[C@@H]1COCCN1C(=O)Cc1ccnn1C. The first kappa shape index (κ1) is 15.5. The third-order valence-corrected chi connectivity index (χ3v) is 5.04. The van der Waals surface area contributed by atoms with Crippen molar-refractivity contribution in [3.05, 3.63) is 18.0 Å². The average molecular weight is 307 g/mol. The topological polar surface area (TPSA) is 56.6 Å². The van der Waals surface area contributed by atoms with E-state index in [9.17, 15) is 4.79 Å². The van der Waals surface area contributed by atoms with Crippen molar-refractivity contribution in [3.8, 4) is 0 Å². The van der Waals surface area contributed by atoms with E-state index in [2.05, 4.69) is 5.10 Å². The number of hydrogen-bond acceptors (Lipinski definition) is 4. The first-order valence-electron chi connectivity index (χ1n) is 8.07. The van der Waals surface area contributed by atoms with Gasteiger partial charge in [-0.3, -0.25) is 9.48 Å². The van der Waals surface area contributed by atoms with Crippen LogP contribution in [0.2, 0.25) is 0 Å². The second-order valence-electron chi connectivity index (χ2n) is 6.22. The van der Waals surface area contributed by atoms with Gasteiger partial charge in [0.1, 0.15) is 0 Å². The normalized spacial score (nSPS) is 29.0. The molecule has 0 spiro atoms. The minimum atomic E-state index is 0.141. The van der Waals surface area contributed by atoms with Gasteiger partial charge in [0.05, 0.1) is 31.8 Å². The summed E-state index contributed by atoms with van der Waals surface area (Å²) in [5, 5.41) is 4.14. The molecule has 6 heteroatoms. The second kappa shape index (κ2) is 6.79. The molecular formula is C16H25N3O3. The van der Waals surface area contributed by atoms with Gasteiger partial charge in [-0.05, 0) is 18.9 Å². The third kappa shape index (κ3) is 3.03. The van der Waals surface area contributed by atoms with Gasteiger partial charge in [0.25, 0.3) is 0 Å². The monoisotopic (exact) mass is 307 g/mol. The Balaban J connectivity index is 1.72. The highest BCUT2D eigenvalue weighted by Gasteiger charge is 2.40. The van der Waals surface area contributed by atoms with Crippen LogP contribution in [0.15, 0.2) is 12.3 Å². The highest BCUT2D eigenvalue weighted by atomic mass is 16.5. The number of carbonyl (C=O) groups excluding carboxylic acids is 1. The maximum atomic E-state index is 12.8. The van der Waals surface area contributed by atoms with Crippen LogP contribution in [0, 0.1) is 5.92 Å². The number of ether oxygens (including phenoxy) is 2. The molecule has 3 atom stereocenters. The molecule has 0 aromatic carbocycles. The maximum Gasteiger partial charge on any atom is 0.228 e. The molecule has 1 aromatic rings. The number of methoxy groups -OCH3 is 1. The number of aryl methyl sites for hydroxylation is 1. The summed E-state index contributed by atoms with van der Waals surface area (Å²) in [6, 6.07) is 2.04. The molecule has 0 N–H and O–H groups in total. The highest BCUT2D eigenvalue weighted by molar-refractivity contribution is 5.78. The molecule has 3 rings (SSSR count). The van der Waals surface area contributed by atoms with Crippen molar-refractivity contribution < 1.29 is 14.3 Å². The summed E-state index contributed by atoms with van der Waals surface area (Å²) in [6.45, 7) is 1.92. The van der Waals surface area contributed by atoms with Gasteiger partial charge in [0.15, 0.2) is 0 Å². The molecule has 0 radical (unpaired) electrons. The van der Waals surface area contributed by atoms with Crippen molar-refractivity contribution in [1.29, 1.82) is 0 Å². The van der Waals surface area contributed by atoms with E-state index in [0.717, 1.165) is 18.5 Å². The third-order valence-electron chi connectivity index (χ3n) is 5.04. The van der Waals surface area contributed by atoms with Gasteiger partial charge >= 0.3 is 0 Å². The van der Waals surface area contributed by atoms with E-state index in [4.69, 9.17) is 9.47 Å². The van der Waals surface area contributed by atoms with Crippen LogP contribution in [-0.4, -0.2) is 59.6 Å². The van der Waals surface area contributed by atoms with E-state index >= 15 is 0 Å². The van der Waals surface area contributed by atoms with E-state index in [-0.39, 0.29) is 18.1 Å². The summed E-state index contributed by atoms with van der Waals surface area (Å²) in [4.78, 5) is 14.8. The Bertz CT molecular complexity index is 516. The van der Waals surface area contributed by atoms with E-state index in [0.29, 0.717) is 32.1 Å². The van der Waals surface area contributed by atoms with Crippen LogP contribution in [0.5, 0.6) is 0 Å². The molecule has 2 heterocycles. The molecular weight excluding hydrogens is 282 g/mol. The Kier molecular flexibility index (Phi) is 4.78. The van der Waals surface area contributed by atoms with Gasteiger partial charge in [-0.25, -0.2) is 0 Å². The lowest BCUT2D eigenvalue weighted by Crippen LogP contribution is -2.54. The van der Waals surface area contributed by atoms with E-state index < -0.39 is 0 Å². The molecule has 6 nitrogen and oxygen atoms in total. The zero-order chi connectivity index (χ0) is 15.5. The first-order valence-corrected chi connectivity index (χ1v) is 8.07. The predicted molar refractivity (Wildman–Crippen MR) is 81.4 cm³/mol. The molecule has 1 aliphatic heterocycles. The second-order valence-corrected chi connectivity index (χ2v) is 6.22. The van der Waals surface area contributed by atoms with Gasteiger partial charge in [-0.15, -0.1) is 0 Å². The lowest BCUT2D eigenvalue weighted by Gasteiger charge is -2.40. The Labute approximate surface area is 131 Å². The lowest BCUT2D eigenvalue weighted by atomic mass is 9.93. The van der Waals surface area contributed by atoms with Crippen LogP contribution in [0.3, 0.4) is 0 Å². The zero-order valence-corrected chi connectivity index (χ0v) is 13.4. The summed E-state index contributed by atoms with van der Waals surface area (Å²) in [6.07, 6.45) is 5.75. The van der Waals surface area contributed by atoms with Gasteiger partial charge in [-0.1, -0.05) is 6.42 Å². The van der Waals surface area contributed by atoms with Crippen LogP contribution in [0.25, 0.3) is 0 Å². The summed E-state index contributed by atoms with van der Waals surface area (Å²) in [5.74, 6) is 0.555. The van der Waals surface area contributed by atoms with Crippen LogP contribution in [-0.2, 0) is 27.7 Å². The number of nitrogens with zero attached hydrogens (tertiary/aromatic N) is 3. The number of aromatic nitrogens is 2. The zero-order valence-electron chi connectivity index (χ0n) is 13.4. The van der Waals surface area contributed by atoms with Crippen LogP contribution in [0.4, 0.5) is 0 Å². The van der Waals surface area contributed by atoms with E-state index in [1.165, 1.54) is 6.42 Å². The molecule has 1 saturated heterocycles. The van der Waals surface area contributed by atoms with Gasteiger partial charge < -0.3 is 14.4 Å². The van der Waals surface area contributed by atoms with Crippen LogP contribution >= 0.6 is 0 Å². The van der Waals surface area contributed by atoms with Crippen molar-refractivity contribution in [2.75, 3.05) is 26.9 Å². The van der Waals surface area contributed by atoms with Crippen LogP contribution < -0.4 is 0 Å². The molecule has 0 bridgehead atoms. The van der Waals surface area contributed by atoms with Gasteiger partial charge in [-0.2, -0.15) is 5.10 Å². The maximum absolute atomic E-state index is 12.8. The van der Waals surface area contributed by atoms with E-state index in [1.807, 2.05) is 18.0 Å². The first-order chi connectivity index (χ1) is 10.7. The Hall–Kier alpha value is -1.40. The van der Waals surface area contributed by atoms with Crippen LogP contribution in [0.1, 0.15) is 25.0 Å². The molecule has 22 heavy (non-hydrogen) atoms. The summed E-state index contributed by atoms with van der Waals surface area (Å²) >= 11 is 0. The largest absolute Gasteiger partial charge is 0.381 e. The Morgan fingerprint density at radius 3 is 3.09 bits per heavy atom. The van der Waals surface area contributed by atoms with Crippen molar-refractivity contribution in [3.63, 3.8) is 0 Å². The fourth-order valence-corrected chi connectivity index (χ4v) is 3.81. The lowest BCUT2D eigenvalue weighted by molar-refractivity contribution is -0.143. The summed E-state index contributed by atoms with van der Waals surface area (Å²) in [5.41, 5.74) is 0.949. The molecule has 1 amide bonds. The van der Waals surface area contributed by atoms with Crippen molar-refractivity contribution >= 4 is 5.91 Å². The van der Waals surface area contributed by atoms with Crippen molar-refractivity contribution in [2.45, 2.75) is 37.8 Å². The minimum absolute atomic E-state index is 0.141. The average Bonchev–Trinajstić information content (AvgIpc) is 3.16. The number of carbonyl (C=O) groups is 1. The molecule has 1 aliphatic carbocycles. The summed E-state index contributed by atoms with van der Waals surface area (Å²) < 4.78 is 13.0. The number of amides is 1.